The van der Waals surface area contributed by atoms with Crippen LogP contribution in [0.1, 0.15) is 19.4 Å². The van der Waals surface area contributed by atoms with Crippen molar-refractivity contribution in [1.82, 2.24) is 10.6 Å². The van der Waals surface area contributed by atoms with Crippen LogP contribution in [0, 0.1) is 5.92 Å². The number of anilines is 1. The summed E-state index contributed by atoms with van der Waals surface area (Å²) in [5.41, 5.74) is 1.23. The number of carbonyl (C=O) groups excluding carboxylic acids is 1. The standard InChI is InChI=1S/C24H33N3O5S/c1-15(2)23(27-24(33)25-17-8-10-18(29-3)11-9-17)26-21(28)12-7-16-13-19(30-4)22(32-6)20(14-16)31-5/h7-15,23-25,27,33H,1-6H3,(H,26,28)/b12-7+. The molecule has 2 aromatic carbocycles. The van der Waals surface area contributed by atoms with Crippen molar-refractivity contribution in [3.05, 3.63) is 48.0 Å². The number of thiol groups is 1. The first-order valence-corrected chi connectivity index (χ1v) is 11.0. The third-order valence-corrected chi connectivity index (χ3v) is 5.09. The minimum Gasteiger partial charge on any atom is -0.497 e. The molecule has 2 atom stereocenters. The van der Waals surface area contributed by atoms with Gasteiger partial charge in [-0.2, -0.15) is 0 Å². The highest BCUT2D eigenvalue weighted by molar-refractivity contribution is 7.81. The minimum absolute atomic E-state index is 0.121. The second-order valence-corrected chi connectivity index (χ2v) is 7.98. The summed E-state index contributed by atoms with van der Waals surface area (Å²) in [5.74, 6) is 2.17. The Hall–Kier alpha value is -3.04. The van der Waals surface area contributed by atoms with Gasteiger partial charge in [0.1, 0.15) is 11.2 Å². The van der Waals surface area contributed by atoms with Crippen LogP contribution >= 0.6 is 12.6 Å². The molecule has 0 bridgehead atoms. The highest BCUT2D eigenvalue weighted by Gasteiger charge is 2.18. The first-order chi connectivity index (χ1) is 15.8. The topological polar surface area (TPSA) is 90.1 Å². The normalized spacial score (nSPS) is 12.8. The second kappa shape index (κ2) is 12.9. The van der Waals surface area contributed by atoms with Gasteiger partial charge < -0.3 is 29.6 Å². The summed E-state index contributed by atoms with van der Waals surface area (Å²) < 4.78 is 21.2. The average molecular weight is 476 g/mol. The summed E-state index contributed by atoms with van der Waals surface area (Å²) in [5, 5.41) is 9.48. The molecule has 2 rings (SSSR count). The monoisotopic (exact) mass is 475 g/mol. The van der Waals surface area contributed by atoms with Gasteiger partial charge in [0.25, 0.3) is 0 Å². The molecule has 0 fully saturated rings. The van der Waals surface area contributed by atoms with Crippen molar-refractivity contribution >= 4 is 30.3 Å². The number of hydrogen-bond acceptors (Lipinski definition) is 8. The zero-order valence-corrected chi connectivity index (χ0v) is 20.7. The van der Waals surface area contributed by atoms with E-state index in [1.807, 2.05) is 38.1 Å². The molecule has 0 radical (unpaired) electrons. The number of amides is 1. The molecule has 3 N–H and O–H groups in total. The first-order valence-electron chi connectivity index (χ1n) is 10.4. The minimum atomic E-state index is -0.384. The van der Waals surface area contributed by atoms with Crippen molar-refractivity contribution in [3.63, 3.8) is 0 Å². The summed E-state index contributed by atoms with van der Waals surface area (Å²) in [4.78, 5) is 12.6. The van der Waals surface area contributed by atoms with Crippen LogP contribution in [0.3, 0.4) is 0 Å². The highest BCUT2D eigenvalue weighted by Crippen LogP contribution is 2.38. The van der Waals surface area contributed by atoms with Gasteiger partial charge in [0.05, 0.1) is 34.6 Å². The van der Waals surface area contributed by atoms with Gasteiger partial charge in [0, 0.05) is 11.8 Å². The molecule has 0 saturated heterocycles. The van der Waals surface area contributed by atoms with E-state index >= 15 is 0 Å². The fourth-order valence-electron chi connectivity index (χ4n) is 3.03. The van der Waals surface area contributed by atoms with Gasteiger partial charge >= 0.3 is 0 Å². The summed E-state index contributed by atoms with van der Waals surface area (Å²) in [6, 6.07) is 11.0. The molecule has 0 aliphatic carbocycles. The van der Waals surface area contributed by atoms with Crippen LogP contribution in [0.4, 0.5) is 5.69 Å². The summed E-state index contributed by atoms with van der Waals surface area (Å²) in [6.45, 7) is 4.02. The van der Waals surface area contributed by atoms with Gasteiger partial charge in [-0.3, -0.25) is 10.1 Å². The SMILES string of the molecule is COc1ccc(NC(S)NC(NC(=O)/C=C/c2cc(OC)c(OC)c(OC)c2)C(C)C)cc1. The number of nitrogens with one attached hydrogen (secondary N) is 3. The maximum absolute atomic E-state index is 12.6. The number of carbonyl (C=O) groups is 1. The molecule has 8 nitrogen and oxygen atoms in total. The Morgan fingerprint density at radius 2 is 1.55 bits per heavy atom. The lowest BCUT2D eigenvalue weighted by atomic mass is 10.1. The van der Waals surface area contributed by atoms with Gasteiger partial charge in [-0.15, -0.1) is 12.6 Å². The number of hydrogen-bond donors (Lipinski definition) is 4. The fourth-order valence-corrected chi connectivity index (χ4v) is 3.34. The van der Waals surface area contributed by atoms with E-state index in [1.54, 1.807) is 46.6 Å². The molecule has 9 heteroatoms. The fraction of sp³-hybridized carbons (Fsp3) is 0.375. The van der Waals surface area contributed by atoms with Crippen molar-refractivity contribution in [2.45, 2.75) is 25.5 Å². The van der Waals surface area contributed by atoms with Crippen molar-refractivity contribution in [2.24, 2.45) is 5.92 Å². The van der Waals surface area contributed by atoms with Crippen molar-refractivity contribution in [3.8, 4) is 23.0 Å². The van der Waals surface area contributed by atoms with Gasteiger partial charge in [-0.25, -0.2) is 0 Å². The van der Waals surface area contributed by atoms with Crippen LogP contribution in [0.25, 0.3) is 6.08 Å². The van der Waals surface area contributed by atoms with Crippen LogP contribution < -0.4 is 34.9 Å². The molecule has 0 aliphatic rings. The summed E-state index contributed by atoms with van der Waals surface area (Å²) in [7, 11) is 6.26. The second-order valence-electron chi connectivity index (χ2n) is 7.46. The average Bonchev–Trinajstić information content (AvgIpc) is 2.81. The highest BCUT2D eigenvalue weighted by atomic mass is 32.1. The van der Waals surface area contributed by atoms with Gasteiger partial charge in [-0.1, -0.05) is 13.8 Å². The maximum Gasteiger partial charge on any atom is 0.245 e. The molecule has 0 aromatic heterocycles. The molecule has 0 heterocycles. The summed E-state index contributed by atoms with van der Waals surface area (Å²) >= 11 is 4.56. The summed E-state index contributed by atoms with van der Waals surface area (Å²) in [6.07, 6.45) is 2.84. The lowest BCUT2D eigenvalue weighted by Crippen LogP contribution is -2.52. The van der Waals surface area contributed by atoms with E-state index in [2.05, 4.69) is 28.6 Å². The van der Waals surface area contributed by atoms with Crippen LogP contribution in [-0.2, 0) is 4.79 Å². The van der Waals surface area contributed by atoms with Crippen LogP contribution in [0.15, 0.2) is 42.5 Å². The van der Waals surface area contributed by atoms with Gasteiger partial charge in [-0.05, 0) is 54.0 Å². The van der Waals surface area contributed by atoms with E-state index in [0.29, 0.717) is 17.2 Å². The Morgan fingerprint density at radius 1 is 0.939 bits per heavy atom. The van der Waals surface area contributed by atoms with E-state index in [4.69, 9.17) is 18.9 Å². The van der Waals surface area contributed by atoms with Crippen LogP contribution in [0.2, 0.25) is 0 Å². The molecular formula is C24H33N3O5S. The Labute approximate surface area is 201 Å². The molecule has 1 amide bonds. The Kier molecular flexibility index (Phi) is 10.2. The van der Waals surface area contributed by atoms with Crippen LogP contribution in [0.5, 0.6) is 23.0 Å². The van der Waals surface area contributed by atoms with E-state index in [9.17, 15) is 4.79 Å². The van der Waals surface area contributed by atoms with E-state index in [0.717, 1.165) is 17.0 Å². The van der Waals surface area contributed by atoms with Crippen molar-refractivity contribution in [1.29, 1.82) is 0 Å². The van der Waals surface area contributed by atoms with Gasteiger partial charge in [0.2, 0.25) is 11.7 Å². The molecular weight excluding hydrogens is 442 g/mol. The zero-order valence-electron chi connectivity index (χ0n) is 19.8. The number of ether oxygens (including phenoxy) is 4. The molecule has 0 aliphatic heterocycles. The van der Waals surface area contributed by atoms with Crippen molar-refractivity contribution < 1.29 is 23.7 Å². The number of benzene rings is 2. The molecule has 2 unspecified atom stereocenters. The third-order valence-electron chi connectivity index (χ3n) is 4.81. The van der Waals surface area contributed by atoms with E-state index < -0.39 is 0 Å². The van der Waals surface area contributed by atoms with E-state index in [1.165, 1.54) is 6.08 Å². The molecule has 33 heavy (non-hydrogen) atoms. The lowest BCUT2D eigenvalue weighted by molar-refractivity contribution is -0.117. The quantitative estimate of drug-likeness (QED) is 0.211. The third kappa shape index (κ3) is 7.80. The Balaban J connectivity index is 2.02. The molecule has 0 saturated carbocycles. The lowest BCUT2D eigenvalue weighted by Gasteiger charge is -2.27. The predicted octanol–water partition coefficient (Wildman–Crippen LogP) is 3.75. The van der Waals surface area contributed by atoms with Crippen molar-refractivity contribution in [2.75, 3.05) is 33.8 Å². The zero-order chi connectivity index (χ0) is 24.4. The molecule has 180 valence electrons. The largest absolute Gasteiger partial charge is 0.497 e. The number of methoxy groups -OCH3 is 4. The molecule has 0 spiro atoms. The Morgan fingerprint density at radius 3 is 2.03 bits per heavy atom. The maximum atomic E-state index is 12.6. The first kappa shape index (κ1) is 26.2. The smallest absolute Gasteiger partial charge is 0.245 e. The van der Waals surface area contributed by atoms with Gasteiger partial charge in [0.15, 0.2) is 11.5 Å². The van der Waals surface area contributed by atoms with Crippen LogP contribution in [-0.4, -0.2) is 46.0 Å². The predicted molar refractivity (Wildman–Crippen MR) is 134 cm³/mol. The van der Waals surface area contributed by atoms with E-state index in [-0.39, 0.29) is 23.5 Å². The number of rotatable bonds is 12. The Bertz CT molecular complexity index is 909. The molecule has 2 aromatic rings.